The zero-order valence-electron chi connectivity index (χ0n) is 14.7. The van der Waals surface area contributed by atoms with E-state index in [1.165, 1.54) is 6.33 Å². The second-order valence-corrected chi connectivity index (χ2v) is 6.53. The Balaban J connectivity index is 1.48. The fourth-order valence-electron chi connectivity index (χ4n) is 3.05. The van der Waals surface area contributed by atoms with Gasteiger partial charge in [-0.15, -0.1) is 0 Å². The summed E-state index contributed by atoms with van der Waals surface area (Å²) in [6.07, 6.45) is 3.72. The van der Waals surface area contributed by atoms with Gasteiger partial charge in [-0.05, 0) is 19.3 Å². The number of imidazole rings is 1. The van der Waals surface area contributed by atoms with Crippen LogP contribution in [0, 0.1) is 12.8 Å². The highest BCUT2D eigenvalue weighted by molar-refractivity contribution is 5.92. The van der Waals surface area contributed by atoms with Gasteiger partial charge < -0.3 is 24.8 Å². The summed E-state index contributed by atoms with van der Waals surface area (Å²) in [6.45, 7) is 1.86. The van der Waals surface area contributed by atoms with Crippen molar-refractivity contribution in [2.75, 3.05) is 0 Å². The number of hydrogen-bond acceptors (Lipinski definition) is 7. The number of carbonyl (C=O) groups excluding carboxylic acids is 2. The van der Waals surface area contributed by atoms with E-state index in [0.29, 0.717) is 30.3 Å². The van der Waals surface area contributed by atoms with Crippen molar-refractivity contribution >= 4 is 11.8 Å². The number of nitrogens with one attached hydrogen (secondary N) is 2. The zero-order chi connectivity index (χ0) is 18.7. The van der Waals surface area contributed by atoms with Crippen LogP contribution in [0.4, 0.5) is 0 Å². The van der Waals surface area contributed by atoms with Gasteiger partial charge in [-0.1, -0.05) is 5.16 Å². The summed E-state index contributed by atoms with van der Waals surface area (Å²) in [6, 6.07) is -0.395. The van der Waals surface area contributed by atoms with Gasteiger partial charge in [0.05, 0.1) is 25.0 Å². The minimum absolute atomic E-state index is 0.166. The number of aryl methyl sites for hydroxylation is 2. The third kappa shape index (κ3) is 4.26. The van der Waals surface area contributed by atoms with Crippen LogP contribution >= 0.6 is 0 Å². The van der Waals surface area contributed by atoms with E-state index in [9.17, 15) is 14.7 Å². The van der Waals surface area contributed by atoms with Crippen molar-refractivity contribution in [2.45, 2.75) is 44.9 Å². The number of amides is 2. The van der Waals surface area contributed by atoms with Crippen molar-refractivity contribution in [3.63, 3.8) is 0 Å². The van der Waals surface area contributed by atoms with Crippen molar-refractivity contribution < 1.29 is 19.2 Å². The van der Waals surface area contributed by atoms with Crippen LogP contribution in [-0.4, -0.2) is 48.8 Å². The van der Waals surface area contributed by atoms with Crippen LogP contribution in [0.5, 0.6) is 0 Å². The Morgan fingerprint density at radius 1 is 1.42 bits per heavy atom. The predicted molar refractivity (Wildman–Crippen MR) is 88.7 cm³/mol. The maximum Gasteiger partial charge on any atom is 0.271 e. The van der Waals surface area contributed by atoms with E-state index >= 15 is 0 Å². The molecule has 1 aliphatic carbocycles. The lowest BCUT2D eigenvalue weighted by atomic mass is 9.83. The average Bonchev–Trinajstić information content (AvgIpc) is 3.22. The number of carbonyl (C=O) groups is 2. The summed E-state index contributed by atoms with van der Waals surface area (Å²) in [7, 11) is 1.78. The van der Waals surface area contributed by atoms with E-state index in [-0.39, 0.29) is 30.7 Å². The molecular weight excluding hydrogens is 340 g/mol. The molecule has 10 nitrogen and oxygen atoms in total. The summed E-state index contributed by atoms with van der Waals surface area (Å²) in [5, 5.41) is 19.6. The molecule has 3 N–H and O–H groups in total. The lowest BCUT2D eigenvalue weighted by Gasteiger charge is -2.32. The molecule has 0 aromatic carbocycles. The van der Waals surface area contributed by atoms with Crippen LogP contribution in [0.15, 0.2) is 17.0 Å². The number of nitrogens with zero attached hydrogens (tertiary/aromatic N) is 4. The standard InChI is InChI=1S/C16H22N6O4/c1-9-19-14(21-26-9)6-17-15(24)10-3-4-11(13(23)5-10)20-16(25)12-7-22(2)8-18-12/h7-8,10-11,13,23H,3-6H2,1-2H3,(H,17,24)(H,20,25)/t10-,11-,13-/m0/s1. The first-order chi connectivity index (χ1) is 12.4. The van der Waals surface area contributed by atoms with E-state index < -0.39 is 12.1 Å². The van der Waals surface area contributed by atoms with Gasteiger partial charge in [-0.25, -0.2) is 4.98 Å². The van der Waals surface area contributed by atoms with Gasteiger partial charge in [-0.3, -0.25) is 9.59 Å². The largest absolute Gasteiger partial charge is 0.391 e. The van der Waals surface area contributed by atoms with Gasteiger partial charge in [0.2, 0.25) is 11.8 Å². The third-order valence-electron chi connectivity index (χ3n) is 4.43. The first kappa shape index (κ1) is 18.1. The molecule has 2 aromatic rings. The molecule has 1 saturated carbocycles. The van der Waals surface area contributed by atoms with E-state index in [1.807, 2.05) is 0 Å². The quantitative estimate of drug-likeness (QED) is 0.664. The predicted octanol–water partition coefficient (Wildman–Crippen LogP) is -0.313. The van der Waals surface area contributed by atoms with E-state index in [2.05, 4.69) is 25.8 Å². The summed E-state index contributed by atoms with van der Waals surface area (Å²) in [4.78, 5) is 32.4. The molecule has 3 rings (SSSR count). The molecule has 1 aliphatic rings. The van der Waals surface area contributed by atoms with Gasteiger partial charge in [0.1, 0.15) is 5.69 Å². The summed E-state index contributed by atoms with van der Waals surface area (Å²) in [5.74, 6) is 0.0357. The van der Waals surface area contributed by atoms with Crippen LogP contribution < -0.4 is 10.6 Å². The number of hydrogen-bond donors (Lipinski definition) is 3. The molecule has 140 valence electrons. The number of aliphatic hydroxyl groups excluding tert-OH is 1. The second-order valence-electron chi connectivity index (χ2n) is 6.53. The lowest BCUT2D eigenvalue weighted by Crippen LogP contribution is -2.49. The van der Waals surface area contributed by atoms with Crippen LogP contribution in [0.25, 0.3) is 0 Å². The Morgan fingerprint density at radius 2 is 2.23 bits per heavy atom. The van der Waals surface area contributed by atoms with Gasteiger partial charge >= 0.3 is 0 Å². The molecule has 3 atom stereocenters. The van der Waals surface area contributed by atoms with Gasteiger partial charge in [-0.2, -0.15) is 4.98 Å². The monoisotopic (exact) mass is 362 g/mol. The van der Waals surface area contributed by atoms with Crippen molar-refractivity contribution in [2.24, 2.45) is 13.0 Å². The van der Waals surface area contributed by atoms with Crippen LogP contribution in [0.3, 0.4) is 0 Å². The first-order valence-corrected chi connectivity index (χ1v) is 8.46. The summed E-state index contributed by atoms with van der Waals surface area (Å²) >= 11 is 0. The lowest BCUT2D eigenvalue weighted by molar-refractivity contribution is -0.127. The normalized spacial score (nSPS) is 22.8. The molecule has 2 aromatic heterocycles. The zero-order valence-corrected chi connectivity index (χ0v) is 14.7. The summed E-state index contributed by atoms with van der Waals surface area (Å²) < 4.78 is 6.53. The number of aliphatic hydroxyl groups is 1. The Kier molecular flexibility index (Phi) is 5.31. The van der Waals surface area contributed by atoms with Crippen molar-refractivity contribution in [1.29, 1.82) is 0 Å². The molecule has 10 heteroatoms. The fourth-order valence-corrected chi connectivity index (χ4v) is 3.05. The van der Waals surface area contributed by atoms with E-state index in [4.69, 9.17) is 4.52 Å². The maximum atomic E-state index is 12.3. The molecule has 2 amide bonds. The Hall–Kier alpha value is -2.75. The second kappa shape index (κ2) is 7.65. The first-order valence-electron chi connectivity index (χ1n) is 8.46. The number of aromatic nitrogens is 4. The van der Waals surface area contributed by atoms with Gasteiger partial charge in [0.25, 0.3) is 5.91 Å². The average molecular weight is 362 g/mol. The van der Waals surface area contributed by atoms with Gasteiger partial charge in [0.15, 0.2) is 5.82 Å². The molecule has 0 bridgehead atoms. The molecule has 0 spiro atoms. The van der Waals surface area contributed by atoms with Crippen molar-refractivity contribution in [3.05, 3.63) is 29.9 Å². The van der Waals surface area contributed by atoms with Crippen molar-refractivity contribution in [3.8, 4) is 0 Å². The Labute approximate surface area is 150 Å². The Morgan fingerprint density at radius 3 is 2.85 bits per heavy atom. The molecule has 0 unspecified atom stereocenters. The minimum atomic E-state index is -0.792. The van der Waals surface area contributed by atoms with Crippen molar-refractivity contribution in [1.82, 2.24) is 30.3 Å². The highest BCUT2D eigenvalue weighted by Crippen LogP contribution is 2.25. The van der Waals surface area contributed by atoms with Crippen LogP contribution in [-0.2, 0) is 18.4 Å². The van der Waals surface area contributed by atoms with Crippen LogP contribution in [0.2, 0.25) is 0 Å². The molecule has 0 saturated heterocycles. The highest BCUT2D eigenvalue weighted by atomic mass is 16.5. The van der Waals surface area contributed by atoms with Crippen LogP contribution in [0.1, 0.15) is 41.5 Å². The minimum Gasteiger partial charge on any atom is -0.391 e. The van der Waals surface area contributed by atoms with E-state index in [1.54, 1.807) is 24.7 Å². The number of rotatable bonds is 5. The molecule has 26 heavy (non-hydrogen) atoms. The third-order valence-corrected chi connectivity index (χ3v) is 4.43. The smallest absolute Gasteiger partial charge is 0.271 e. The molecule has 1 fully saturated rings. The fraction of sp³-hybridized carbons (Fsp3) is 0.562. The van der Waals surface area contributed by atoms with E-state index in [0.717, 1.165) is 0 Å². The Bertz CT molecular complexity index is 785. The molecule has 2 heterocycles. The van der Waals surface area contributed by atoms with Gasteiger partial charge in [0, 0.05) is 26.1 Å². The molecule has 0 aliphatic heterocycles. The topological polar surface area (TPSA) is 135 Å². The summed E-state index contributed by atoms with van der Waals surface area (Å²) in [5.41, 5.74) is 0.301. The maximum absolute atomic E-state index is 12.3. The SMILES string of the molecule is Cc1nc(CNC(=O)[C@H]2CC[C@H](NC(=O)c3cn(C)cn3)[C@@H](O)C2)no1. The molecule has 0 radical (unpaired) electrons. The molecular formula is C16H22N6O4. The highest BCUT2D eigenvalue weighted by Gasteiger charge is 2.34.